The summed E-state index contributed by atoms with van der Waals surface area (Å²) in [7, 11) is 0. The highest BCUT2D eigenvalue weighted by atomic mass is 32.2. The van der Waals surface area contributed by atoms with Crippen molar-refractivity contribution >= 4 is 23.1 Å². The fraction of sp³-hybridized carbons (Fsp3) is 0.727. The summed E-state index contributed by atoms with van der Waals surface area (Å²) in [6.45, 7) is 0. The molecule has 0 aromatic carbocycles. The predicted octanol–water partition coefficient (Wildman–Crippen LogP) is 2.66. The maximum atomic E-state index is 6.43. The van der Waals surface area contributed by atoms with Crippen molar-refractivity contribution in [1.82, 2.24) is 4.98 Å². The van der Waals surface area contributed by atoms with Crippen molar-refractivity contribution in [1.29, 1.82) is 0 Å². The molecule has 0 spiro atoms. The summed E-state index contributed by atoms with van der Waals surface area (Å²) in [5, 5.41) is 1.22. The molecule has 0 atom stereocenters. The van der Waals surface area contributed by atoms with Crippen LogP contribution in [0.5, 0.6) is 0 Å². The molecule has 0 bridgehead atoms. The summed E-state index contributed by atoms with van der Waals surface area (Å²) in [5.74, 6) is 2.39. The first-order chi connectivity index (χ1) is 7.28. The number of thiazole rings is 1. The number of aryl methyl sites for hydroxylation is 1. The van der Waals surface area contributed by atoms with Crippen molar-refractivity contribution in [3.63, 3.8) is 0 Å². The van der Waals surface area contributed by atoms with Gasteiger partial charge in [-0.1, -0.05) is 12.8 Å². The van der Waals surface area contributed by atoms with Gasteiger partial charge in [-0.3, -0.25) is 0 Å². The Morgan fingerprint density at radius 3 is 2.80 bits per heavy atom. The van der Waals surface area contributed by atoms with Crippen LogP contribution in [0.15, 0.2) is 0 Å². The van der Waals surface area contributed by atoms with E-state index < -0.39 is 0 Å². The standard InChI is InChI=1S/C11H16N2S2/c12-11(4-1-2-5-11)10-13-8-3-6-14-7-9(8)15-10/h1-7,12H2. The number of aromatic nitrogens is 1. The van der Waals surface area contributed by atoms with E-state index in [1.54, 1.807) is 0 Å². The zero-order chi connectivity index (χ0) is 10.3. The van der Waals surface area contributed by atoms with Crippen molar-refractivity contribution in [2.75, 3.05) is 5.75 Å². The zero-order valence-corrected chi connectivity index (χ0v) is 10.4. The van der Waals surface area contributed by atoms with Crippen LogP contribution in [-0.4, -0.2) is 10.7 Å². The Labute approximate surface area is 98.7 Å². The van der Waals surface area contributed by atoms with Gasteiger partial charge in [0.15, 0.2) is 0 Å². The lowest BCUT2D eigenvalue weighted by atomic mass is 10.0. The molecule has 3 rings (SSSR count). The molecule has 0 radical (unpaired) electrons. The fourth-order valence-corrected chi connectivity index (χ4v) is 4.84. The van der Waals surface area contributed by atoms with E-state index in [0.717, 1.165) is 25.0 Å². The van der Waals surface area contributed by atoms with Crippen molar-refractivity contribution in [3.8, 4) is 0 Å². The second-order valence-electron chi connectivity index (χ2n) is 4.55. The third kappa shape index (κ3) is 1.73. The van der Waals surface area contributed by atoms with Gasteiger partial charge < -0.3 is 5.73 Å². The van der Waals surface area contributed by atoms with Crippen LogP contribution in [0.3, 0.4) is 0 Å². The van der Waals surface area contributed by atoms with Crippen LogP contribution in [-0.2, 0) is 17.7 Å². The van der Waals surface area contributed by atoms with E-state index in [0.29, 0.717) is 0 Å². The van der Waals surface area contributed by atoms with E-state index in [9.17, 15) is 0 Å². The smallest absolute Gasteiger partial charge is 0.113 e. The van der Waals surface area contributed by atoms with Gasteiger partial charge in [0.05, 0.1) is 11.2 Å². The molecule has 1 aromatic heterocycles. The molecule has 4 heteroatoms. The largest absolute Gasteiger partial charge is 0.319 e. The van der Waals surface area contributed by atoms with Gasteiger partial charge in [-0.25, -0.2) is 4.98 Å². The minimum absolute atomic E-state index is 0.0767. The number of hydrogen-bond acceptors (Lipinski definition) is 4. The van der Waals surface area contributed by atoms with Crippen LogP contribution in [0.25, 0.3) is 0 Å². The van der Waals surface area contributed by atoms with Crippen LogP contribution < -0.4 is 5.73 Å². The summed E-state index contributed by atoms with van der Waals surface area (Å²) < 4.78 is 0. The number of nitrogens with two attached hydrogens (primary N) is 1. The summed E-state index contributed by atoms with van der Waals surface area (Å²) in [4.78, 5) is 6.27. The van der Waals surface area contributed by atoms with Gasteiger partial charge in [0, 0.05) is 10.6 Å². The summed E-state index contributed by atoms with van der Waals surface area (Å²) in [6.07, 6.45) is 5.96. The first-order valence-corrected chi connectivity index (χ1v) is 7.61. The molecule has 82 valence electrons. The third-order valence-electron chi connectivity index (χ3n) is 3.42. The lowest BCUT2D eigenvalue weighted by Crippen LogP contribution is -2.32. The Morgan fingerprint density at radius 1 is 1.27 bits per heavy atom. The van der Waals surface area contributed by atoms with Crippen LogP contribution >= 0.6 is 23.1 Å². The Hall–Kier alpha value is -0.0600. The van der Waals surface area contributed by atoms with Crippen LogP contribution in [0.4, 0.5) is 0 Å². The van der Waals surface area contributed by atoms with Crippen molar-refractivity contribution in [2.24, 2.45) is 5.73 Å². The lowest BCUT2D eigenvalue weighted by Gasteiger charge is -2.19. The maximum Gasteiger partial charge on any atom is 0.113 e. The van der Waals surface area contributed by atoms with E-state index in [-0.39, 0.29) is 5.54 Å². The summed E-state index contributed by atoms with van der Waals surface area (Å²) >= 11 is 3.90. The first-order valence-electron chi connectivity index (χ1n) is 5.64. The highest BCUT2D eigenvalue weighted by Crippen LogP contribution is 2.40. The molecule has 15 heavy (non-hydrogen) atoms. The monoisotopic (exact) mass is 240 g/mol. The quantitative estimate of drug-likeness (QED) is 0.820. The number of rotatable bonds is 1. The molecule has 1 aliphatic heterocycles. The molecule has 2 heterocycles. The molecule has 2 N–H and O–H groups in total. The first kappa shape index (κ1) is 10.1. The number of thioether (sulfide) groups is 1. The molecule has 1 fully saturated rings. The molecule has 2 aliphatic rings. The van der Waals surface area contributed by atoms with Crippen LogP contribution in [0.2, 0.25) is 0 Å². The SMILES string of the molecule is NC1(c2nc3c(s2)CSCC3)CCCC1. The average Bonchev–Trinajstić information content (AvgIpc) is 2.84. The summed E-state index contributed by atoms with van der Waals surface area (Å²) in [5.41, 5.74) is 7.70. The van der Waals surface area contributed by atoms with Gasteiger partial charge in [-0.2, -0.15) is 11.8 Å². The van der Waals surface area contributed by atoms with Gasteiger partial charge in [0.1, 0.15) is 5.01 Å². The normalized spacial score (nSPS) is 24.1. The molecule has 0 unspecified atom stereocenters. The van der Waals surface area contributed by atoms with Crippen molar-refractivity contribution in [2.45, 2.75) is 43.4 Å². The van der Waals surface area contributed by atoms with Crippen molar-refractivity contribution in [3.05, 3.63) is 15.6 Å². The second-order valence-corrected chi connectivity index (χ2v) is 6.74. The van der Waals surface area contributed by atoms with Gasteiger partial charge in [0.2, 0.25) is 0 Å². The van der Waals surface area contributed by atoms with E-state index in [1.165, 1.54) is 34.2 Å². The molecule has 0 saturated heterocycles. The van der Waals surface area contributed by atoms with E-state index in [4.69, 9.17) is 10.7 Å². The van der Waals surface area contributed by atoms with Gasteiger partial charge >= 0.3 is 0 Å². The van der Waals surface area contributed by atoms with Gasteiger partial charge in [0.25, 0.3) is 0 Å². The lowest BCUT2D eigenvalue weighted by molar-refractivity contribution is 0.458. The van der Waals surface area contributed by atoms with Gasteiger partial charge in [-0.05, 0) is 25.0 Å². The molecule has 1 saturated carbocycles. The van der Waals surface area contributed by atoms with Gasteiger partial charge in [-0.15, -0.1) is 11.3 Å². The minimum Gasteiger partial charge on any atom is -0.319 e. The topological polar surface area (TPSA) is 38.9 Å². The minimum atomic E-state index is -0.0767. The zero-order valence-electron chi connectivity index (χ0n) is 8.79. The molecule has 1 aromatic rings. The van der Waals surface area contributed by atoms with Crippen LogP contribution in [0.1, 0.15) is 41.3 Å². The van der Waals surface area contributed by atoms with Crippen LogP contribution in [0, 0.1) is 0 Å². The Balaban J connectivity index is 1.95. The highest BCUT2D eigenvalue weighted by Gasteiger charge is 2.35. The molecule has 0 amide bonds. The van der Waals surface area contributed by atoms with E-state index in [2.05, 4.69) is 0 Å². The average molecular weight is 240 g/mol. The molecular weight excluding hydrogens is 224 g/mol. The van der Waals surface area contributed by atoms with E-state index in [1.807, 2.05) is 23.1 Å². The molecule has 2 nitrogen and oxygen atoms in total. The van der Waals surface area contributed by atoms with Crippen molar-refractivity contribution < 1.29 is 0 Å². The number of hydrogen-bond donors (Lipinski definition) is 1. The highest BCUT2D eigenvalue weighted by molar-refractivity contribution is 7.98. The molecular formula is C11H16N2S2. The molecule has 1 aliphatic carbocycles. The third-order valence-corrected chi connectivity index (χ3v) is 5.90. The fourth-order valence-electron chi connectivity index (χ4n) is 2.46. The number of fused-ring (bicyclic) bond motifs is 1. The Morgan fingerprint density at radius 2 is 2.07 bits per heavy atom. The summed E-state index contributed by atoms with van der Waals surface area (Å²) in [6, 6.07) is 0. The second kappa shape index (κ2) is 3.75. The predicted molar refractivity (Wildman–Crippen MR) is 66.3 cm³/mol. The maximum absolute atomic E-state index is 6.43. The Bertz CT molecular complexity index is 343. The number of nitrogens with zero attached hydrogens (tertiary/aromatic N) is 1. The van der Waals surface area contributed by atoms with E-state index >= 15 is 0 Å². The Kier molecular flexibility index (Phi) is 2.53.